The van der Waals surface area contributed by atoms with Crippen molar-refractivity contribution in [3.8, 4) is 5.75 Å². The minimum absolute atomic E-state index is 0. The van der Waals surface area contributed by atoms with Gasteiger partial charge in [-0.05, 0) is 17.7 Å². The number of methoxy groups -OCH3 is 2. The van der Waals surface area contributed by atoms with Gasteiger partial charge in [-0.3, -0.25) is 4.79 Å². The van der Waals surface area contributed by atoms with Gasteiger partial charge in [-0.2, -0.15) is 0 Å². The monoisotopic (exact) mass is 265 g/mol. The molecule has 90 valence electrons. The fourth-order valence-corrected chi connectivity index (χ4v) is 1.41. The van der Waals surface area contributed by atoms with Crippen LogP contribution in [0.1, 0.15) is 11.6 Å². The van der Waals surface area contributed by atoms with E-state index in [9.17, 15) is 4.79 Å². The van der Waals surface area contributed by atoms with E-state index in [-0.39, 0.29) is 12.4 Å². The second-order valence-corrected chi connectivity index (χ2v) is 3.30. The van der Waals surface area contributed by atoms with Crippen molar-refractivity contribution in [2.75, 3.05) is 14.2 Å². The normalized spacial score (nSPS) is 11.2. The van der Waals surface area contributed by atoms with E-state index in [0.29, 0.717) is 16.3 Å². The molecule has 0 radical (unpaired) electrons. The Morgan fingerprint density at radius 1 is 1.44 bits per heavy atom. The zero-order chi connectivity index (χ0) is 11.4. The molecule has 4 nitrogen and oxygen atoms in total. The molecule has 16 heavy (non-hydrogen) atoms. The first-order valence-electron chi connectivity index (χ1n) is 4.27. The molecule has 1 aromatic carbocycles. The Morgan fingerprint density at radius 2 is 2.06 bits per heavy atom. The molecule has 0 saturated heterocycles. The molecule has 1 rings (SSSR count). The number of nitrogens with two attached hydrogens (primary N) is 1. The van der Waals surface area contributed by atoms with Gasteiger partial charge in [0, 0.05) is 0 Å². The Labute approximate surface area is 105 Å². The third-order valence-corrected chi connectivity index (χ3v) is 2.29. The molecule has 0 aromatic heterocycles. The van der Waals surface area contributed by atoms with Crippen molar-refractivity contribution in [1.82, 2.24) is 0 Å². The summed E-state index contributed by atoms with van der Waals surface area (Å²) in [7, 11) is 2.80. The summed E-state index contributed by atoms with van der Waals surface area (Å²) >= 11 is 5.89. The largest absolute Gasteiger partial charge is 0.495 e. The average Bonchev–Trinajstić information content (AvgIpc) is 2.26. The lowest BCUT2D eigenvalue weighted by atomic mass is 10.1. The van der Waals surface area contributed by atoms with Gasteiger partial charge < -0.3 is 15.2 Å². The quantitative estimate of drug-likeness (QED) is 0.849. The van der Waals surface area contributed by atoms with Crippen LogP contribution in [0.15, 0.2) is 18.2 Å². The summed E-state index contributed by atoms with van der Waals surface area (Å²) in [4.78, 5) is 11.2. The molecule has 2 N–H and O–H groups in total. The molecule has 0 aliphatic carbocycles. The van der Waals surface area contributed by atoms with Crippen molar-refractivity contribution in [2.45, 2.75) is 6.04 Å². The summed E-state index contributed by atoms with van der Waals surface area (Å²) in [5.41, 5.74) is 6.23. The Balaban J connectivity index is 0.00000225. The third kappa shape index (κ3) is 3.27. The van der Waals surface area contributed by atoms with Gasteiger partial charge in [0.05, 0.1) is 19.2 Å². The minimum atomic E-state index is -0.821. The number of carbonyl (C=O) groups is 1. The third-order valence-electron chi connectivity index (χ3n) is 1.99. The number of halogens is 2. The summed E-state index contributed by atoms with van der Waals surface area (Å²) in [5.74, 6) is 0.0358. The predicted molar refractivity (Wildman–Crippen MR) is 64.2 cm³/mol. The maximum Gasteiger partial charge on any atom is 0.327 e. The van der Waals surface area contributed by atoms with Gasteiger partial charge in [0.2, 0.25) is 0 Å². The molecule has 0 aliphatic heterocycles. The standard InChI is InChI=1S/C10H12ClNO3.ClH/c1-14-8-4-3-6(5-7(8)11)9(12)10(13)15-2;/h3-5,9H,12H2,1-2H3;1H. The van der Waals surface area contributed by atoms with Crippen molar-refractivity contribution in [3.05, 3.63) is 28.8 Å². The van der Waals surface area contributed by atoms with E-state index in [0.717, 1.165) is 0 Å². The number of hydrogen-bond donors (Lipinski definition) is 1. The molecule has 0 saturated carbocycles. The Kier molecular flexibility index (Phi) is 6.18. The van der Waals surface area contributed by atoms with Gasteiger partial charge in [-0.1, -0.05) is 17.7 Å². The zero-order valence-electron chi connectivity index (χ0n) is 8.90. The van der Waals surface area contributed by atoms with Crippen molar-refractivity contribution >= 4 is 30.0 Å². The van der Waals surface area contributed by atoms with Crippen LogP contribution >= 0.6 is 24.0 Å². The first-order valence-corrected chi connectivity index (χ1v) is 4.64. The lowest BCUT2D eigenvalue weighted by Crippen LogP contribution is -2.22. The van der Waals surface area contributed by atoms with Crippen LogP contribution in [0.25, 0.3) is 0 Å². The van der Waals surface area contributed by atoms with Crippen LogP contribution in [0.4, 0.5) is 0 Å². The lowest BCUT2D eigenvalue weighted by Gasteiger charge is -2.11. The topological polar surface area (TPSA) is 61.5 Å². The summed E-state index contributed by atoms with van der Waals surface area (Å²) in [6.45, 7) is 0. The number of benzene rings is 1. The van der Waals surface area contributed by atoms with E-state index in [1.165, 1.54) is 14.2 Å². The predicted octanol–water partition coefficient (Wildman–Crippen LogP) is 1.94. The number of esters is 1. The highest BCUT2D eigenvalue weighted by molar-refractivity contribution is 6.32. The fourth-order valence-electron chi connectivity index (χ4n) is 1.14. The van der Waals surface area contributed by atoms with Crippen LogP contribution in [0.3, 0.4) is 0 Å². The zero-order valence-corrected chi connectivity index (χ0v) is 10.5. The van der Waals surface area contributed by atoms with Crippen molar-refractivity contribution < 1.29 is 14.3 Å². The first kappa shape index (κ1) is 15.0. The maximum absolute atomic E-state index is 11.2. The molecule has 0 heterocycles. The van der Waals surface area contributed by atoms with E-state index in [1.54, 1.807) is 18.2 Å². The molecule has 0 spiro atoms. The van der Waals surface area contributed by atoms with Gasteiger partial charge in [0.15, 0.2) is 0 Å². The SMILES string of the molecule is COC(=O)C(N)c1ccc(OC)c(Cl)c1.Cl. The second kappa shape index (κ2) is 6.58. The summed E-state index contributed by atoms with van der Waals surface area (Å²) < 4.78 is 9.50. The lowest BCUT2D eigenvalue weighted by molar-refractivity contribution is -0.142. The smallest absolute Gasteiger partial charge is 0.327 e. The Bertz CT molecular complexity index is 371. The highest BCUT2D eigenvalue weighted by atomic mass is 35.5. The van der Waals surface area contributed by atoms with E-state index in [1.807, 2.05) is 0 Å². The molecule has 1 atom stereocenters. The minimum Gasteiger partial charge on any atom is -0.495 e. The van der Waals surface area contributed by atoms with E-state index < -0.39 is 12.0 Å². The molecule has 6 heteroatoms. The first-order chi connectivity index (χ1) is 7.10. The number of ether oxygens (including phenoxy) is 2. The average molecular weight is 266 g/mol. The molecular weight excluding hydrogens is 253 g/mol. The molecule has 0 amide bonds. The van der Waals surface area contributed by atoms with Crippen LogP contribution in [0, 0.1) is 0 Å². The van der Waals surface area contributed by atoms with Gasteiger partial charge in [0.25, 0.3) is 0 Å². The molecule has 1 unspecified atom stereocenters. The molecular formula is C10H13Cl2NO3. The summed E-state index contributed by atoms with van der Waals surface area (Å²) in [6.07, 6.45) is 0. The van der Waals surface area contributed by atoms with Gasteiger partial charge >= 0.3 is 5.97 Å². The van der Waals surface area contributed by atoms with Crippen LogP contribution in [-0.4, -0.2) is 20.2 Å². The van der Waals surface area contributed by atoms with E-state index in [2.05, 4.69) is 4.74 Å². The maximum atomic E-state index is 11.2. The van der Waals surface area contributed by atoms with Crippen LogP contribution in [0.2, 0.25) is 5.02 Å². The Morgan fingerprint density at radius 3 is 2.50 bits per heavy atom. The molecule has 0 fully saturated rings. The van der Waals surface area contributed by atoms with Crippen LogP contribution in [0.5, 0.6) is 5.75 Å². The van der Waals surface area contributed by atoms with Crippen molar-refractivity contribution in [3.63, 3.8) is 0 Å². The van der Waals surface area contributed by atoms with Gasteiger partial charge in [0.1, 0.15) is 11.8 Å². The summed E-state index contributed by atoms with van der Waals surface area (Å²) in [5, 5.41) is 0.411. The number of carbonyl (C=O) groups excluding carboxylic acids is 1. The highest BCUT2D eigenvalue weighted by Gasteiger charge is 2.17. The molecule has 0 aliphatic rings. The second-order valence-electron chi connectivity index (χ2n) is 2.89. The van der Waals surface area contributed by atoms with Crippen LogP contribution in [-0.2, 0) is 9.53 Å². The number of rotatable bonds is 3. The van der Waals surface area contributed by atoms with E-state index in [4.69, 9.17) is 22.1 Å². The highest BCUT2D eigenvalue weighted by Crippen LogP contribution is 2.27. The fraction of sp³-hybridized carbons (Fsp3) is 0.300. The van der Waals surface area contributed by atoms with Gasteiger partial charge in [-0.25, -0.2) is 0 Å². The van der Waals surface area contributed by atoms with E-state index >= 15 is 0 Å². The number of hydrogen-bond acceptors (Lipinski definition) is 4. The van der Waals surface area contributed by atoms with Crippen LogP contribution < -0.4 is 10.5 Å². The van der Waals surface area contributed by atoms with Gasteiger partial charge in [-0.15, -0.1) is 12.4 Å². The Hall–Kier alpha value is -0.970. The van der Waals surface area contributed by atoms with Crippen molar-refractivity contribution in [1.29, 1.82) is 0 Å². The molecule has 0 bridgehead atoms. The van der Waals surface area contributed by atoms with Crippen molar-refractivity contribution in [2.24, 2.45) is 5.73 Å². The summed E-state index contributed by atoms with van der Waals surface area (Å²) in [6, 6.07) is 4.09. The molecule has 1 aromatic rings.